The van der Waals surface area contributed by atoms with Crippen LogP contribution in [0.25, 0.3) is 11.0 Å². The third-order valence-corrected chi connectivity index (χ3v) is 6.90. The molecule has 0 spiro atoms. The van der Waals surface area contributed by atoms with Gasteiger partial charge in [0.2, 0.25) is 0 Å². The molecule has 0 unspecified atom stereocenters. The zero-order valence-corrected chi connectivity index (χ0v) is 21.3. The van der Waals surface area contributed by atoms with Gasteiger partial charge in [-0.05, 0) is 62.2 Å². The third-order valence-electron chi connectivity index (χ3n) is 6.90. The zero-order chi connectivity index (χ0) is 25.9. The number of carbonyl (C=O) groups is 1. The van der Waals surface area contributed by atoms with Crippen molar-refractivity contribution in [1.29, 1.82) is 0 Å². The first kappa shape index (κ1) is 24.6. The Labute approximate surface area is 215 Å². The summed E-state index contributed by atoms with van der Waals surface area (Å²) in [5.41, 5.74) is 3.71. The molecule has 0 bridgehead atoms. The van der Waals surface area contributed by atoms with Crippen LogP contribution in [0.5, 0.6) is 5.75 Å². The van der Waals surface area contributed by atoms with E-state index in [0.717, 1.165) is 48.1 Å². The Balaban J connectivity index is 1.59. The zero-order valence-electron chi connectivity index (χ0n) is 21.3. The van der Waals surface area contributed by atoms with Crippen molar-refractivity contribution in [2.24, 2.45) is 7.05 Å². The first-order valence-corrected chi connectivity index (χ1v) is 12.4. The van der Waals surface area contributed by atoms with Crippen molar-refractivity contribution >= 4 is 28.6 Å². The van der Waals surface area contributed by atoms with Crippen molar-refractivity contribution in [3.8, 4) is 5.75 Å². The van der Waals surface area contributed by atoms with E-state index in [2.05, 4.69) is 10.3 Å². The molecular formula is C28H31N5O4. The summed E-state index contributed by atoms with van der Waals surface area (Å²) in [6, 6.07) is 16.9. The van der Waals surface area contributed by atoms with Gasteiger partial charge >= 0.3 is 11.8 Å². The molecule has 37 heavy (non-hydrogen) atoms. The molecule has 5 rings (SSSR count). The van der Waals surface area contributed by atoms with Crippen molar-refractivity contribution in [2.75, 3.05) is 25.1 Å². The van der Waals surface area contributed by atoms with Gasteiger partial charge in [0, 0.05) is 19.2 Å². The van der Waals surface area contributed by atoms with Crippen molar-refractivity contribution in [3.63, 3.8) is 0 Å². The van der Waals surface area contributed by atoms with E-state index in [1.165, 1.54) is 4.90 Å². The SMILES string of the molecule is COc1ccc(N(C(=O)OCc2ccccc2)c2cc3c(cn2)n(C)c(=O)n3C2CCNCC2)c(C)c1. The summed E-state index contributed by atoms with van der Waals surface area (Å²) in [6.45, 7) is 3.74. The number of pyridine rings is 1. The average molecular weight is 502 g/mol. The highest BCUT2D eigenvalue weighted by molar-refractivity contribution is 5.97. The van der Waals surface area contributed by atoms with E-state index < -0.39 is 6.09 Å². The highest BCUT2D eigenvalue weighted by Gasteiger charge is 2.26. The minimum Gasteiger partial charge on any atom is -0.497 e. The van der Waals surface area contributed by atoms with Crippen LogP contribution in [0.15, 0.2) is 65.6 Å². The normalized spacial score (nSPS) is 14.0. The van der Waals surface area contributed by atoms with Crippen LogP contribution < -0.4 is 20.6 Å². The number of hydrogen-bond donors (Lipinski definition) is 1. The van der Waals surface area contributed by atoms with Crippen LogP contribution in [0.4, 0.5) is 16.3 Å². The molecule has 0 atom stereocenters. The van der Waals surface area contributed by atoms with Crippen molar-refractivity contribution < 1.29 is 14.3 Å². The van der Waals surface area contributed by atoms with Gasteiger partial charge in [0.05, 0.1) is 30.0 Å². The van der Waals surface area contributed by atoms with Gasteiger partial charge in [0.1, 0.15) is 18.2 Å². The van der Waals surface area contributed by atoms with Gasteiger partial charge in [-0.15, -0.1) is 0 Å². The fourth-order valence-corrected chi connectivity index (χ4v) is 4.89. The van der Waals surface area contributed by atoms with Crippen LogP contribution in [-0.4, -0.2) is 40.4 Å². The summed E-state index contributed by atoms with van der Waals surface area (Å²) < 4.78 is 14.6. The lowest BCUT2D eigenvalue weighted by Gasteiger charge is -2.25. The molecule has 2 aromatic carbocycles. The Bertz CT molecular complexity index is 1470. The van der Waals surface area contributed by atoms with Gasteiger partial charge < -0.3 is 14.8 Å². The van der Waals surface area contributed by atoms with Crippen LogP contribution in [0.2, 0.25) is 0 Å². The maximum atomic E-state index is 13.6. The lowest BCUT2D eigenvalue weighted by atomic mass is 10.1. The number of rotatable bonds is 6. The smallest absolute Gasteiger partial charge is 0.420 e. The molecule has 0 radical (unpaired) electrons. The van der Waals surface area contributed by atoms with Crippen molar-refractivity contribution in [3.05, 3.63) is 82.4 Å². The molecule has 3 heterocycles. The molecular weight excluding hydrogens is 470 g/mol. The average Bonchev–Trinajstić information content (AvgIpc) is 3.18. The third kappa shape index (κ3) is 4.82. The number of carbonyl (C=O) groups excluding carboxylic acids is 1. The van der Waals surface area contributed by atoms with Crippen LogP contribution in [0, 0.1) is 6.92 Å². The Hall–Kier alpha value is -4.11. The van der Waals surface area contributed by atoms with Crippen molar-refractivity contribution in [2.45, 2.75) is 32.4 Å². The van der Waals surface area contributed by atoms with E-state index in [9.17, 15) is 9.59 Å². The number of aryl methyl sites for hydroxylation is 2. The number of nitrogens with zero attached hydrogens (tertiary/aromatic N) is 4. The van der Waals surface area contributed by atoms with E-state index in [1.54, 1.807) is 31.0 Å². The molecule has 9 heteroatoms. The predicted octanol–water partition coefficient (Wildman–Crippen LogP) is 4.45. The quantitative estimate of drug-likeness (QED) is 0.420. The number of methoxy groups -OCH3 is 1. The molecule has 9 nitrogen and oxygen atoms in total. The van der Waals surface area contributed by atoms with Crippen LogP contribution >= 0.6 is 0 Å². The van der Waals surface area contributed by atoms with Gasteiger partial charge in [-0.25, -0.2) is 19.5 Å². The van der Waals surface area contributed by atoms with E-state index in [4.69, 9.17) is 9.47 Å². The molecule has 1 aliphatic rings. The van der Waals surface area contributed by atoms with Crippen LogP contribution in [-0.2, 0) is 18.4 Å². The molecule has 192 valence electrons. The number of hydrogen-bond acceptors (Lipinski definition) is 6. The maximum Gasteiger partial charge on any atom is 0.420 e. The summed E-state index contributed by atoms with van der Waals surface area (Å²) in [5.74, 6) is 1.07. The van der Waals surface area contributed by atoms with Gasteiger partial charge in [0.15, 0.2) is 0 Å². The second kappa shape index (κ2) is 10.5. The summed E-state index contributed by atoms with van der Waals surface area (Å²) in [5, 5.41) is 3.35. The Kier molecular flexibility index (Phi) is 6.96. The number of imidazole rings is 1. The summed E-state index contributed by atoms with van der Waals surface area (Å²) in [4.78, 5) is 32.9. The monoisotopic (exact) mass is 501 g/mol. The fraction of sp³-hybridized carbons (Fsp3) is 0.321. The molecule has 0 aliphatic carbocycles. The maximum absolute atomic E-state index is 13.6. The predicted molar refractivity (Wildman–Crippen MR) is 143 cm³/mol. The molecule has 1 fully saturated rings. The second-order valence-electron chi connectivity index (χ2n) is 9.25. The summed E-state index contributed by atoms with van der Waals surface area (Å²) >= 11 is 0. The Morgan fingerprint density at radius 3 is 2.57 bits per heavy atom. The number of benzene rings is 2. The number of fused-ring (bicyclic) bond motifs is 1. The number of piperidine rings is 1. The van der Waals surface area contributed by atoms with Crippen LogP contribution in [0.3, 0.4) is 0 Å². The largest absolute Gasteiger partial charge is 0.497 e. The van der Waals surface area contributed by atoms with E-state index >= 15 is 0 Å². The molecule has 1 aliphatic heterocycles. The van der Waals surface area contributed by atoms with Gasteiger partial charge in [-0.1, -0.05) is 30.3 Å². The fourth-order valence-electron chi connectivity index (χ4n) is 4.89. The minimum absolute atomic E-state index is 0.0777. The number of amides is 1. The first-order valence-electron chi connectivity index (χ1n) is 12.4. The lowest BCUT2D eigenvalue weighted by Crippen LogP contribution is -2.34. The van der Waals surface area contributed by atoms with E-state index in [1.807, 2.05) is 60.0 Å². The van der Waals surface area contributed by atoms with Gasteiger partial charge in [-0.3, -0.25) is 9.13 Å². The Morgan fingerprint density at radius 1 is 1.11 bits per heavy atom. The Morgan fingerprint density at radius 2 is 1.86 bits per heavy atom. The number of anilines is 2. The molecule has 1 saturated heterocycles. The molecule has 1 amide bonds. The van der Waals surface area contributed by atoms with Gasteiger partial charge in [0.25, 0.3) is 0 Å². The standard InChI is InChI=1S/C28H31N5O4/c1-19-15-22(36-3)9-10-23(19)33(28(35)37-18-20-7-5-4-6-8-20)26-16-24-25(17-30-26)31(2)27(34)32(24)21-11-13-29-14-12-21/h4-10,15-17,21,29H,11-14,18H2,1-3H3. The van der Waals surface area contributed by atoms with E-state index in [-0.39, 0.29) is 18.3 Å². The molecule has 0 saturated carbocycles. The summed E-state index contributed by atoms with van der Waals surface area (Å²) in [7, 11) is 3.36. The number of aromatic nitrogens is 3. The minimum atomic E-state index is -0.560. The number of ether oxygens (including phenoxy) is 2. The molecule has 1 N–H and O–H groups in total. The number of nitrogens with one attached hydrogen (secondary N) is 1. The van der Waals surface area contributed by atoms with Crippen molar-refractivity contribution in [1.82, 2.24) is 19.4 Å². The van der Waals surface area contributed by atoms with Crippen LogP contribution in [0.1, 0.15) is 30.0 Å². The second-order valence-corrected chi connectivity index (χ2v) is 9.25. The first-order chi connectivity index (χ1) is 18.0. The molecule has 2 aromatic heterocycles. The highest BCUT2D eigenvalue weighted by Crippen LogP contribution is 2.33. The summed E-state index contributed by atoms with van der Waals surface area (Å²) in [6.07, 6.45) is 2.81. The highest BCUT2D eigenvalue weighted by atomic mass is 16.6. The molecule has 4 aromatic rings. The van der Waals surface area contributed by atoms with Gasteiger partial charge in [-0.2, -0.15) is 0 Å². The van der Waals surface area contributed by atoms with E-state index in [0.29, 0.717) is 17.3 Å². The topological polar surface area (TPSA) is 90.6 Å². The lowest BCUT2D eigenvalue weighted by molar-refractivity contribution is 0.150.